The van der Waals surface area contributed by atoms with Crippen molar-refractivity contribution in [2.75, 3.05) is 14.1 Å². The van der Waals surface area contributed by atoms with Gasteiger partial charge >= 0.3 is 0 Å². The molecule has 76 valence electrons. The van der Waals surface area contributed by atoms with E-state index in [4.69, 9.17) is 0 Å². The second kappa shape index (κ2) is 4.37. The average molecular weight is 210 g/mol. The van der Waals surface area contributed by atoms with Crippen molar-refractivity contribution in [3.05, 3.63) is 27.9 Å². The van der Waals surface area contributed by atoms with E-state index >= 15 is 0 Å². The zero-order valence-corrected chi connectivity index (χ0v) is 9.68. The quantitative estimate of drug-likeness (QED) is 0.565. The second-order valence-corrected chi connectivity index (χ2v) is 4.49. The lowest BCUT2D eigenvalue weighted by Crippen LogP contribution is -2.02. The van der Waals surface area contributed by atoms with Crippen molar-refractivity contribution in [1.82, 2.24) is 9.88 Å². The van der Waals surface area contributed by atoms with Gasteiger partial charge in [0.05, 0.1) is 15.6 Å². The summed E-state index contributed by atoms with van der Waals surface area (Å²) in [6.45, 7) is 3.77. The molecule has 3 nitrogen and oxygen atoms in total. The molecule has 0 aliphatic heterocycles. The van der Waals surface area contributed by atoms with Crippen LogP contribution in [0.4, 0.5) is 0 Å². The Hall–Kier alpha value is -1.16. The first-order valence-corrected chi connectivity index (χ1v) is 5.15. The lowest BCUT2D eigenvalue weighted by Gasteiger charge is -2.01. The Morgan fingerprint density at radius 1 is 1.43 bits per heavy atom. The molecule has 0 bridgehead atoms. The molecule has 0 saturated carbocycles. The fraction of sp³-hybridized carbons (Fsp3) is 0.400. The van der Waals surface area contributed by atoms with Gasteiger partial charge < -0.3 is 4.90 Å². The van der Waals surface area contributed by atoms with Crippen LogP contribution in [-0.4, -0.2) is 29.8 Å². The third-order valence-electron chi connectivity index (χ3n) is 1.65. The third kappa shape index (κ3) is 2.67. The zero-order valence-electron chi connectivity index (χ0n) is 8.87. The van der Waals surface area contributed by atoms with E-state index in [1.54, 1.807) is 12.3 Å². The number of carbonyl (C=O) groups excluding carboxylic acids is 1. The van der Waals surface area contributed by atoms with Crippen LogP contribution in [0.1, 0.15) is 20.4 Å². The number of rotatable bonds is 3. The van der Waals surface area contributed by atoms with Crippen molar-refractivity contribution in [3.63, 3.8) is 0 Å². The Morgan fingerprint density at radius 2 is 2.07 bits per heavy atom. The molecule has 0 aromatic carbocycles. The maximum atomic E-state index is 11.6. The summed E-state index contributed by atoms with van der Waals surface area (Å²) in [4.78, 5) is 18.4. The minimum atomic E-state index is 0.0294. The molecule has 1 rings (SSSR count). The van der Waals surface area contributed by atoms with Crippen LogP contribution in [-0.2, 0) is 0 Å². The number of nitrogens with zero attached hydrogens (tertiary/aromatic N) is 2. The molecule has 14 heavy (non-hydrogen) atoms. The van der Waals surface area contributed by atoms with Crippen LogP contribution in [0.2, 0.25) is 0 Å². The van der Waals surface area contributed by atoms with Gasteiger partial charge in [-0.1, -0.05) is 0 Å². The van der Waals surface area contributed by atoms with E-state index in [-0.39, 0.29) is 5.78 Å². The van der Waals surface area contributed by atoms with Gasteiger partial charge in [-0.2, -0.15) is 0 Å². The summed E-state index contributed by atoms with van der Waals surface area (Å²) in [7, 11) is 3.77. The summed E-state index contributed by atoms with van der Waals surface area (Å²) in [6.07, 6.45) is 3.32. The molecule has 0 aliphatic rings. The maximum absolute atomic E-state index is 11.6. The van der Waals surface area contributed by atoms with E-state index in [2.05, 4.69) is 4.98 Å². The first kappa shape index (κ1) is 10.9. The van der Waals surface area contributed by atoms with E-state index < -0.39 is 0 Å². The van der Waals surface area contributed by atoms with Crippen molar-refractivity contribution in [3.8, 4) is 0 Å². The van der Waals surface area contributed by atoms with Crippen molar-refractivity contribution in [2.24, 2.45) is 0 Å². The average Bonchev–Trinajstić information content (AvgIpc) is 2.41. The van der Waals surface area contributed by atoms with Crippen LogP contribution in [0, 0.1) is 13.8 Å². The smallest absolute Gasteiger partial charge is 0.199 e. The lowest BCUT2D eigenvalue weighted by atomic mass is 10.3. The number of hydrogen-bond donors (Lipinski definition) is 0. The molecule has 0 saturated heterocycles. The number of carbonyl (C=O) groups is 1. The molecule has 0 radical (unpaired) electrons. The third-order valence-corrected chi connectivity index (χ3v) is 2.74. The Labute approximate surface area is 88.1 Å². The molecule has 4 heteroatoms. The molecule has 0 amide bonds. The summed E-state index contributed by atoms with van der Waals surface area (Å²) >= 11 is 1.44. The summed E-state index contributed by atoms with van der Waals surface area (Å²) in [5.41, 5.74) is 0.820. The number of aryl methyl sites for hydroxylation is 2. The summed E-state index contributed by atoms with van der Waals surface area (Å²) < 4.78 is 0. The van der Waals surface area contributed by atoms with Crippen LogP contribution in [0.3, 0.4) is 0 Å². The molecule has 0 aliphatic carbocycles. The van der Waals surface area contributed by atoms with Gasteiger partial charge in [-0.15, -0.1) is 11.3 Å². The summed E-state index contributed by atoms with van der Waals surface area (Å²) in [5, 5.41) is 0.934. The standard InChI is InChI=1S/C10H14N2OS/c1-7-10(14-8(2)11-7)9(13)5-6-12(3)4/h5-6H,1-4H3/b6-5-. The SMILES string of the molecule is Cc1nc(C)c(C(=O)/C=C\N(C)C)s1. The van der Waals surface area contributed by atoms with E-state index in [9.17, 15) is 4.79 Å². The van der Waals surface area contributed by atoms with E-state index in [0.29, 0.717) is 0 Å². The van der Waals surface area contributed by atoms with Crippen LogP contribution in [0.15, 0.2) is 12.3 Å². The number of allylic oxidation sites excluding steroid dienone is 1. The largest absolute Gasteiger partial charge is 0.383 e. The number of thiazole rings is 1. The predicted octanol–water partition coefficient (Wildman–Crippen LogP) is 2.02. The Morgan fingerprint density at radius 3 is 2.50 bits per heavy atom. The topological polar surface area (TPSA) is 33.2 Å². The number of aromatic nitrogens is 1. The predicted molar refractivity (Wildman–Crippen MR) is 58.7 cm³/mol. The van der Waals surface area contributed by atoms with Gasteiger partial charge in [0.1, 0.15) is 0 Å². The number of hydrogen-bond acceptors (Lipinski definition) is 4. The van der Waals surface area contributed by atoms with Crippen molar-refractivity contribution >= 4 is 17.1 Å². The van der Waals surface area contributed by atoms with Crippen LogP contribution in [0.25, 0.3) is 0 Å². The molecule has 0 spiro atoms. The van der Waals surface area contributed by atoms with Crippen molar-refractivity contribution < 1.29 is 4.79 Å². The van der Waals surface area contributed by atoms with Crippen molar-refractivity contribution in [1.29, 1.82) is 0 Å². The van der Waals surface area contributed by atoms with Crippen molar-refractivity contribution in [2.45, 2.75) is 13.8 Å². The van der Waals surface area contributed by atoms with Gasteiger partial charge in [-0.3, -0.25) is 4.79 Å². The van der Waals surface area contributed by atoms with E-state index in [1.165, 1.54) is 11.3 Å². The lowest BCUT2D eigenvalue weighted by molar-refractivity contribution is 0.104. The first-order valence-electron chi connectivity index (χ1n) is 4.33. The normalized spacial score (nSPS) is 10.9. The molecule has 1 heterocycles. The zero-order chi connectivity index (χ0) is 10.7. The molecular formula is C10H14N2OS. The molecular weight excluding hydrogens is 196 g/mol. The van der Waals surface area contributed by atoms with E-state index in [0.717, 1.165) is 15.6 Å². The fourth-order valence-electron chi connectivity index (χ4n) is 1.05. The van der Waals surface area contributed by atoms with Crippen LogP contribution >= 0.6 is 11.3 Å². The van der Waals surface area contributed by atoms with Crippen LogP contribution in [0.5, 0.6) is 0 Å². The number of ketones is 1. The summed E-state index contributed by atoms with van der Waals surface area (Å²) in [5.74, 6) is 0.0294. The molecule has 0 unspecified atom stereocenters. The molecule has 1 aromatic heterocycles. The Balaban J connectivity index is 2.85. The van der Waals surface area contributed by atoms with Crippen LogP contribution < -0.4 is 0 Å². The minimum absolute atomic E-state index is 0.0294. The van der Waals surface area contributed by atoms with Gasteiger partial charge in [0.2, 0.25) is 0 Å². The molecule has 0 N–H and O–H groups in total. The van der Waals surface area contributed by atoms with Gasteiger partial charge in [0, 0.05) is 26.4 Å². The summed E-state index contributed by atoms with van der Waals surface area (Å²) in [6, 6.07) is 0. The highest BCUT2D eigenvalue weighted by Gasteiger charge is 2.10. The van der Waals surface area contributed by atoms with Gasteiger partial charge in [0.25, 0.3) is 0 Å². The minimum Gasteiger partial charge on any atom is -0.383 e. The Kier molecular flexibility index (Phi) is 3.41. The first-order chi connectivity index (χ1) is 6.50. The van der Waals surface area contributed by atoms with Gasteiger partial charge in [0.15, 0.2) is 5.78 Å². The maximum Gasteiger partial charge on any atom is 0.199 e. The highest BCUT2D eigenvalue weighted by molar-refractivity contribution is 7.13. The van der Waals surface area contributed by atoms with Gasteiger partial charge in [-0.05, 0) is 13.8 Å². The fourth-order valence-corrected chi connectivity index (χ4v) is 1.89. The highest BCUT2D eigenvalue weighted by atomic mass is 32.1. The molecule has 0 atom stereocenters. The Bertz CT molecular complexity index is 366. The van der Waals surface area contributed by atoms with E-state index in [1.807, 2.05) is 32.8 Å². The monoisotopic (exact) mass is 210 g/mol. The second-order valence-electron chi connectivity index (χ2n) is 3.29. The molecule has 0 fully saturated rings. The van der Waals surface area contributed by atoms with Gasteiger partial charge in [-0.25, -0.2) is 4.98 Å². The highest BCUT2D eigenvalue weighted by Crippen LogP contribution is 2.17. The molecule has 1 aromatic rings.